The number of anilines is 1. The van der Waals surface area contributed by atoms with Crippen LogP contribution in [-0.4, -0.2) is 24.2 Å². The molecule has 1 atom stereocenters. The summed E-state index contributed by atoms with van der Waals surface area (Å²) < 4.78 is 5.62. The van der Waals surface area contributed by atoms with Gasteiger partial charge >= 0.3 is 0 Å². The molecule has 1 unspecified atom stereocenters. The van der Waals surface area contributed by atoms with Crippen molar-refractivity contribution in [2.24, 2.45) is 5.92 Å². The maximum absolute atomic E-state index is 12.2. The molecular weight excluding hydrogens is 242 g/mol. The van der Waals surface area contributed by atoms with E-state index in [1.54, 1.807) is 11.8 Å². The highest BCUT2D eigenvalue weighted by atomic mass is 16.5. The number of aliphatic hydroxyl groups excluding tert-OH is 1. The third-order valence-corrected chi connectivity index (χ3v) is 3.18. The average Bonchev–Trinajstić information content (AvgIpc) is 2.49. The fourth-order valence-corrected chi connectivity index (χ4v) is 2.21. The third-order valence-electron chi connectivity index (χ3n) is 3.18. The van der Waals surface area contributed by atoms with Gasteiger partial charge in [-0.2, -0.15) is 0 Å². The van der Waals surface area contributed by atoms with Gasteiger partial charge in [0, 0.05) is 6.54 Å². The molecule has 0 fully saturated rings. The van der Waals surface area contributed by atoms with Crippen LogP contribution in [0.25, 0.3) is 0 Å². The Kier molecular flexibility index (Phi) is 4.10. The zero-order valence-electron chi connectivity index (χ0n) is 11.7. The molecule has 1 aromatic rings. The second kappa shape index (κ2) is 5.61. The molecule has 4 heteroatoms. The van der Waals surface area contributed by atoms with E-state index in [1.165, 1.54) is 0 Å². The Morgan fingerprint density at radius 3 is 2.74 bits per heavy atom. The van der Waals surface area contributed by atoms with E-state index < -0.39 is 6.10 Å². The number of fused-ring (bicyclic) bond motifs is 1. The zero-order valence-corrected chi connectivity index (χ0v) is 11.7. The molecule has 0 spiro atoms. The Morgan fingerprint density at radius 2 is 2.11 bits per heavy atom. The number of hydrogen-bond donors (Lipinski definition) is 1. The van der Waals surface area contributed by atoms with Crippen LogP contribution in [0.15, 0.2) is 18.2 Å². The van der Waals surface area contributed by atoms with Crippen LogP contribution in [0.3, 0.4) is 0 Å². The number of aliphatic hydroxyl groups is 1. The normalized spacial score (nSPS) is 16.9. The van der Waals surface area contributed by atoms with Gasteiger partial charge in [0.1, 0.15) is 5.75 Å². The fourth-order valence-electron chi connectivity index (χ4n) is 2.21. The van der Waals surface area contributed by atoms with Crippen molar-refractivity contribution in [3.63, 3.8) is 0 Å². The Morgan fingerprint density at radius 1 is 1.37 bits per heavy atom. The number of benzene rings is 1. The van der Waals surface area contributed by atoms with Crippen LogP contribution in [0.2, 0.25) is 0 Å². The van der Waals surface area contributed by atoms with Gasteiger partial charge in [-0.1, -0.05) is 19.9 Å². The summed E-state index contributed by atoms with van der Waals surface area (Å²) in [6.07, 6.45) is -0.157. The highest BCUT2D eigenvalue weighted by molar-refractivity contribution is 5.95. The van der Waals surface area contributed by atoms with Crippen molar-refractivity contribution in [1.29, 1.82) is 0 Å². The number of hydrogen-bond acceptors (Lipinski definition) is 3. The van der Waals surface area contributed by atoms with Crippen LogP contribution in [-0.2, 0) is 4.79 Å². The molecule has 1 heterocycles. The van der Waals surface area contributed by atoms with E-state index in [0.29, 0.717) is 25.5 Å². The summed E-state index contributed by atoms with van der Waals surface area (Å²) in [5.41, 5.74) is 1.57. The molecule has 1 aliphatic heterocycles. The summed E-state index contributed by atoms with van der Waals surface area (Å²) in [5, 5.41) is 9.69. The van der Waals surface area contributed by atoms with Crippen LogP contribution in [0, 0.1) is 5.92 Å². The first-order valence-electron chi connectivity index (χ1n) is 6.74. The van der Waals surface area contributed by atoms with E-state index in [9.17, 15) is 9.90 Å². The number of amides is 1. The maximum Gasteiger partial charge on any atom is 0.230 e. The number of carbonyl (C=O) groups is 1. The lowest BCUT2D eigenvalue weighted by molar-refractivity contribution is -0.118. The Hall–Kier alpha value is -1.55. The summed E-state index contributed by atoms with van der Waals surface area (Å²) in [6, 6.07) is 5.53. The minimum absolute atomic E-state index is 0.0789. The van der Waals surface area contributed by atoms with Gasteiger partial charge in [-0.05, 0) is 30.5 Å². The van der Waals surface area contributed by atoms with Gasteiger partial charge in [0.05, 0.1) is 24.8 Å². The highest BCUT2D eigenvalue weighted by Crippen LogP contribution is 2.34. The minimum atomic E-state index is -0.551. The molecule has 0 saturated heterocycles. The van der Waals surface area contributed by atoms with Gasteiger partial charge in [-0.15, -0.1) is 0 Å². The summed E-state index contributed by atoms with van der Waals surface area (Å²) in [5.74, 6) is 1.18. The van der Waals surface area contributed by atoms with Crippen LogP contribution in [0.1, 0.15) is 38.9 Å². The Balaban J connectivity index is 2.44. The van der Waals surface area contributed by atoms with Gasteiger partial charge in [0.15, 0.2) is 0 Å². The smallest absolute Gasteiger partial charge is 0.230 e. The number of rotatable bonds is 3. The lowest BCUT2D eigenvalue weighted by Crippen LogP contribution is -2.33. The maximum atomic E-state index is 12.2. The molecule has 4 nitrogen and oxygen atoms in total. The van der Waals surface area contributed by atoms with Crippen molar-refractivity contribution in [1.82, 2.24) is 0 Å². The quantitative estimate of drug-likeness (QED) is 0.911. The van der Waals surface area contributed by atoms with Crippen LogP contribution >= 0.6 is 0 Å². The van der Waals surface area contributed by atoms with E-state index >= 15 is 0 Å². The minimum Gasteiger partial charge on any atom is -0.491 e. The monoisotopic (exact) mass is 263 g/mol. The lowest BCUT2D eigenvalue weighted by atomic mass is 10.1. The molecule has 0 bridgehead atoms. The van der Waals surface area contributed by atoms with Crippen molar-refractivity contribution in [3.05, 3.63) is 23.8 Å². The molecule has 1 amide bonds. The largest absolute Gasteiger partial charge is 0.491 e. The van der Waals surface area contributed by atoms with Gasteiger partial charge in [-0.3, -0.25) is 4.79 Å². The predicted octanol–water partition coefficient (Wildman–Crippen LogP) is 2.51. The summed E-state index contributed by atoms with van der Waals surface area (Å²) in [7, 11) is 0. The van der Waals surface area contributed by atoms with Crippen molar-refractivity contribution in [2.75, 3.05) is 18.1 Å². The zero-order chi connectivity index (χ0) is 14.0. The first-order valence-corrected chi connectivity index (χ1v) is 6.74. The van der Waals surface area contributed by atoms with E-state index in [1.807, 2.05) is 18.2 Å². The van der Waals surface area contributed by atoms with Gasteiger partial charge in [-0.25, -0.2) is 0 Å². The van der Waals surface area contributed by atoms with Crippen molar-refractivity contribution >= 4 is 11.6 Å². The topological polar surface area (TPSA) is 49.8 Å². The van der Waals surface area contributed by atoms with Crippen molar-refractivity contribution in [3.8, 4) is 5.75 Å². The highest BCUT2D eigenvalue weighted by Gasteiger charge is 2.24. The van der Waals surface area contributed by atoms with Crippen LogP contribution in [0.4, 0.5) is 5.69 Å². The SMILES string of the molecule is CC(C)CN1C(=O)CCOc2ccc(C(C)O)cc21. The van der Waals surface area contributed by atoms with Gasteiger partial charge in [0.2, 0.25) is 5.91 Å². The predicted molar refractivity (Wildman–Crippen MR) is 74.4 cm³/mol. The molecule has 0 radical (unpaired) electrons. The average molecular weight is 263 g/mol. The second-order valence-electron chi connectivity index (χ2n) is 5.40. The van der Waals surface area contributed by atoms with E-state index in [0.717, 1.165) is 17.0 Å². The summed E-state index contributed by atoms with van der Waals surface area (Å²) >= 11 is 0. The van der Waals surface area contributed by atoms with E-state index in [4.69, 9.17) is 4.74 Å². The molecule has 1 aromatic carbocycles. The molecule has 19 heavy (non-hydrogen) atoms. The molecule has 0 saturated carbocycles. The van der Waals surface area contributed by atoms with Crippen LogP contribution in [0.5, 0.6) is 5.75 Å². The van der Waals surface area contributed by atoms with Gasteiger partial charge in [0.25, 0.3) is 0 Å². The molecular formula is C15H21NO3. The fraction of sp³-hybridized carbons (Fsp3) is 0.533. The van der Waals surface area contributed by atoms with Crippen molar-refractivity contribution < 1.29 is 14.6 Å². The second-order valence-corrected chi connectivity index (χ2v) is 5.40. The summed E-state index contributed by atoms with van der Waals surface area (Å²) in [4.78, 5) is 14.0. The van der Waals surface area contributed by atoms with E-state index in [-0.39, 0.29) is 5.91 Å². The Labute approximate surface area is 114 Å². The number of nitrogens with zero attached hydrogens (tertiary/aromatic N) is 1. The molecule has 0 aliphatic carbocycles. The number of ether oxygens (including phenoxy) is 1. The van der Waals surface area contributed by atoms with Gasteiger partial charge < -0.3 is 14.7 Å². The lowest BCUT2D eigenvalue weighted by Gasteiger charge is -2.24. The van der Waals surface area contributed by atoms with Crippen LogP contribution < -0.4 is 9.64 Å². The number of carbonyl (C=O) groups excluding carboxylic acids is 1. The molecule has 1 aliphatic rings. The van der Waals surface area contributed by atoms with E-state index in [2.05, 4.69) is 13.8 Å². The molecule has 104 valence electrons. The summed E-state index contributed by atoms with van der Waals surface area (Å²) in [6.45, 7) is 6.95. The molecule has 1 N–H and O–H groups in total. The Bertz CT molecular complexity index is 468. The molecule has 0 aromatic heterocycles. The van der Waals surface area contributed by atoms with Crippen molar-refractivity contribution in [2.45, 2.75) is 33.3 Å². The standard InChI is InChI=1S/C15H21NO3/c1-10(2)9-16-13-8-12(11(3)17)4-5-14(13)19-7-6-15(16)18/h4-5,8,10-11,17H,6-7,9H2,1-3H3. The third kappa shape index (κ3) is 3.07. The first kappa shape index (κ1) is 13.9. The molecule has 2 rings (SSSR count). The first-order chi connectivity index (χ1) is 8.99.